The summed E-state index contributed by atoms with van der Waals surface area (Å²) in [5.74, 6) is 0.416. The second kappa shape index (κ2) is 7.54. The van der Waals surface area contributed by atoms with E-state index in [1.165, 1.54) is 11.1 Å². The highest BCUT2D eigenvalue weighted by molar-refractivity contribution is 5.91. The molecule has 0 N–H and O–H groups in total. The van der Waals surface area contributed by atoms with Crippen LogP contribution in [0.2, 0.25) is 0 Å². The fraction of sp³-hybridized carbons (Fsp3) is 0.360. The summed E-state index contributed by atoms with van der Waals surface area (Å²) >= 11 is 0. The van der Waals surface area contributed by atoms with Crippen LogP contribution in [0.4, 0.5) is 0 Å². The van der Waals surface area contributed by atoms with Gasteiger partial charge in [-0.05, 0) is 73.2 Å². The fourth-order valence-electron chi connectivity index (χ4n) is 4.62. The standard InChI is InChI=1S/C25H26N2O4/c1-4-31-25(29)21-12-20(15-5-6-15)22-23(30-3)19(9-10-27(22)24(21)28)16-7-8-17-13-26(2)14-18(17)11-16/h7-12,15H,4-6,13-14H2,1-3H3. The maximum atomic E-state index is 13.1. The van der Waals surface area contributed by atoms with Crippen LogP contribution in [0.15, 0.2) is 41.3 Å². The molecule has 1 saturated carbocycles. The zero-order valence-corrected chi connectivity index (χ0v) is 18.1. The smallest absolute Gasteiger partial charge is 0.343 e. The van der Waals surface area contributed by atoms with Crippen LogP contribution in [0.25, 0.3) is 16.6 Å². The van der Waals surface area contributed by atoms with Gasteiger partial charge in [0.15, 0.2) is 5.75 Å². The lowest BCUT2D eigenvalue weighted by atomic mass is 9.98. The van der Waals surface area contributed by atoms with Gasteiger partial charge in [-0.3, -0.25) is 14.1 Å². The van der Waals surface area contributed by atoms with Gasteiger partial charge in [0.2, 0.25) is 0 Å². The van der Waals surface area contributed by atoms with Gasteiger partial charge in [-0.1, -0.05) is 12.1 Å². The Hall–Kier alpha value is -3.12. The first kappa shape index (κ1) is 19.8. The summed E-state index contributed by atoms with van der Waals surface area (Å²) in [6.45, 7) is 3.86. The van der Waals surface area contributed by atoms with Gasteiger partial charge >= 0.3 is 5.97 Å². The number of esters is 1. The lowest BCUT2D eigenvalue weighted by molar-refractivity contribution is 0.0524. The van der Waals surface area contributed by atoms with Gasteiger partial charge in [-0.25, -0.2) is 4.79 Å². The summed E-state index contributed by atoms with van der Waals surface area (Å²) in [6.07, 6.45) is 3.83. The van der Waals surface area contributed by atoms with Crippen molar-refractivity contribution in [1.82, 2.24) is 9.30 Å². The first-order valence-corrected chi connectivity index (χ1v) is 10.8. The Morgan fingerprint density at radius 2 is 1.90 bits per heavy atom. The van der Waals surface area contributed by atoms with Gasteiger partial charge in [-0.2, -0.15) is 0 Å². The molecule has 31 heavy (non-hydrogen) atoms. The lowest BCUT2D eigenvalue weighted by Crippen LogP contribution is -2.24. The van der Waals surface area contributed by atoms with E-state index in [4.69, 9.17) is 9.47 Å². The summed E-state index contributed by atoms with van der Waals surface area (Å²) in [4.78, 5) is 27.8. The maximum absolute atomic E-state index is 13.1. The minimum atomic E-state index is -0.574. The monoisotopic (exact) mass is 418 g/mol. The Balaban J connectivity index is 1.74. The molecular weight excluding hydrogens is 392 g/mol. The van der Waals surface area contributed by atoms with Gasteiger partial charge in [0.1, 0.15) is 5.56 Å². The third-order valence-corrected chi connectivity index (χ3v) is 6.23. The second-order valence-electron chi connectivity index (χ2n) is 8.45. The largest absolute Gasteiger partial charge is 0.494 e. The van der Waals surface area contributed by atoms with Crippen LogP contribution in [0.3, 0.4) is 0 Å². The first-order chi connectivity index (χ1) is 15.0. The van der Waals surface area contributed by atoms with Gasteiger partial charge in [0, 0.05) is 24.8 Å². The summed E-state index contributed by atoms with van der Waals surface area (Å²) in [7, 11) is 3.76. The number of ether oxygens (including phenoxy) is 2. The molecule has 0 spiro atoms. The lowest BCUT2D eigenvalue weighted by Gasteiger charge is -2.17. The minimum absolute atomic E-state index is 0.0802. The third-order valence-electron chi connectivity index (χ3n) is 6.23. The van der Waals surface area contributed by atoms with Crippen molar-refractivity contribution in [3.05, 3.63) is 69.1 Å². The molecule has 1 aliphatic heterocycles. The highest BCUT2D eigenvalue weighted by Crippen LogP contribution is 2.46. The molecule has 6 nitrogen and oxygen atoms in total. The number of pyridine rings is 2. The van der Waals surface area contributed by atoms with E-state index in [0.717, 1.165) is 48.1 Å². The molecule has 160 valence electrons. The quantitative estimate of drug-likeness (QED) is 0.587. The van der Waals surface area contributed by atoms with Crippen molar-refractivity contribution in [3.8, 4) is 16.9 Å². The van der Waals surface area contributed by atoms with E-state index < -0.39 is 5.97 Å². The van der Waals surface area contributed by atoms with E-state index in [-0.39, 0.29) is 17.7 Å². The molecule has 0 saturated heterocycles. The number of nitrogens with zero attached hydrogens (tertiary/aromatic N) is 2. The van der Waals surface area contributed by atoms with Crippen LogP contribution < -0.4 is 10.3 Å². The van der Waals surface area contributed by atoms with Gasteiger partial charge < -0.3 is 9.47 Å². The van der Waals surface area contributed by atoms with Crippen molar-refractivity contribution in [3.63, 3.8) is 0 Å². The van der Waals surface area contributed by atoms with Crippen LogP contribution >= 0.6 is 0 Å². The van der Waals surface area contributed by atoms with Crippen LogP contribution in [0, 0.1) is 0 Å². The molecule has 0 amide bonds. The average molecular weight is 418 g/mol. The fourth-order valence-corrected chi connectivity index (χ4v) is 4.62. The highest BCUT2D eigenvalue weighted by atomic mass is 16.5. The van der Waals surface area contributed by atoms with Crippen LogP contribution in [-0.4, -0.2) is 36.0 Å². The molecule has 2 aliphatic rings. The van der Waals surface area contributed by atoms with E-state index in [1.807, 2.05) is 6.07 Å². The topological polar surface area (TPSA) is 60.3 Å². The predicted molar refractivity (Wildman–Crippen MR) is 119 cm³/mol. The number of aromatic nitrogens is 1. The number of hydrogen-bond acceptors (Lipinski definition) is 5. The Morgan fingerprint density at radius 3 is 2.61 bits per heavy atom. The number of carbonyl (C=O) groups is 1. The molecule has 1 aliphatic carbocycles. The van der Waals surface area contributed by atoms with E-state index >= 15 is 0 Å². The normalized spacial score (nSPS) is 15.8. The number of hydrogen-bond donors (Lipinski definition) is 0. The molecule has 6 heteroatoms. The molecule has 3 aromatic rings. The van der Waals surface area contributed by atoms with Crippen molar-refractivity contribution >= 4 is 11.5 Å². The molecular formula is C25H26N2O4. The molecule has 5 rings (SSSR count). The molecule has 0 radical (unpaired) electrons. The number of fused-ring (bicyclic) bond motifs is 2. The van der Waals surface area contributed by atoms with Crippen molar-refractivity contribution in [2.24, 2.45) is 0 Å². The number of benzene rings is 1. The van der Waals surface area contributed by atoms with Crippen LogP contribution in [0.1, 0.15) is 52.7 Å². The summed E-state index contributed by atoms with van der Waals surface area (Å²) in [5.41, 5.74) is 6.11. The van der Waals surface area contributed by atoms with Gasteiger partial charge in [0.25, 0.3) is 5.56 Å². The zero-order chi connectivity index (χ0) is 21.7. The third kappa shape index (κ3) is 3.31. The van der Waals surface area contributed by atoms with E-state index in [2.05, 4.69) is 30.1 Å². The maximum Gasteiger partial charge on any atom is 0.343 e. The van der Waals surface area contributed by atoms with Crippen molar-refractivity contribution < 1.29 is 14.3 Å². The molecule has 0 bridgehead atoms. The Bertz CT molecular complexity index is 1260. The average Bonchev–Trinajstić information content (AvgIpc) is 3.53. The van der Waals surface area contributed by atoms with Gasteiger partial charge in [-0.15, -0.1) is 0 Å². The Morgan fingerprint density at radius 1 is 1.13 bits per heavy atom. The second-order valence-corrected chi connectivity index (χ2v) is 8.45. The number of rotatable bonds is 5. The number of carbonyl (C=O) groups excluding carboxylic acids is 1. The molecule has 0 unspecified atom stereocenters. The Labute approximate surface area is 181 Å². The minimum Gasteiger partial charge on any atom is -0.494 e. The Kier molecular flexibility index (Phi) is 4.82. The van der Waals surface area contributed by atoms with Crippen molar-refractivity contribution in [2.75, 3.05) is 20.8 Å². The van der Waals surface area contributed by atoms with E-state index in [0.29, 0.717) is 11.7 Å². The summed E-state index contributed by atoms with van der Waals surface area (Å²) in [6, 6.07) is 10.1. The summed E-state index contributed by atoms with van der Waals surface area (Å²) < 4.78 is 12.6. The van der Waals surface area contributed by atoms with Gasteiger partial charge in [0.05, 0.1) is 19.2 Å². The molecule has 1 aromatic carbocycles. The van der Waals surface area contributed by atoms with E-state index in [9.17, 15) is 9.59 Å². The van der Waals surface area contributed by atoms with Crippen LogP contribution in [0.5, 0.6) is 5.75 Å². The molecule has 3 heterocycles. The first-order valence-electron chi connectivity index (χ1n) is 10.8. The molecule has 1 fully saturated rings. The van der Waals surface area contributed by atoms with Crippen molar-refractivity contribution in [2.45, 2.75) is 38.8 Å². The summed E-state index contributed by atoms with van der Waals surface area (Å²) in [5, 5.41) is 0. The van der Waals surface area contributed by atoms with E-state index in [1.54, 1.807) is 30.7 Å². The van der Waals surface area contributed by atoms with Crippen LogP contribution in [-0.2, 0) is 17.8 Å². The zero-order valence-electron chi connectivity index (χ0n) is 18.1. The molecule has 0 atom stereocenters. The number of methoxy groups -OCH3 is 1. The van der Waals surface area contributed by atoms with Crippen molar-refractivity contribution in [1.29, 1.82) is 0 Å². The molecule has 2 aromatic heterocycles. The SMILES string of the molecule is CCOC(=O)c1cc(C2CC2)c2c(OC)c(-c3ccc4c(c3)CN(C)C4)ccn2c1=O. The predicted octanol–water partition coefficient (Wildman–Crippen LogP) is 3.97. The highest BCUT2D eigenvalue weighted by Gasteiger charge is 2.31.